The number of ether oxygens (including phenoxy) is 6. The Morgan fingerprint density at radius 2 is 0.640 bits per heavy atom. The van der Waals surface area contributed by atoms with Crippen LogP contribution in [0.25, 0.3) is 0 Å². The minimum atomic E-state index is -4.25. The molecule has 610 valence electrons. The van der Waals surface area contributed by atoms with E-state index in [0.717, 1.165) is 117 Å². The Morgan fingerprint density at radius 3 is 1.02 bits per heavy atom. The predicted molar refractivity (Wildman–Crippen MR) is 428 cm³/mol. The van der Waals surface area contributed by atoms with E-state index in [0.29, 0.717) is 158 Å². The zero-order chi connectivity index (χ0) is 80.7. The number of amides is 2. The molecule has 7 aliphatic rings. The summed E-state index contributed by atoms with van der Waals surface area (Å²) >= 11 is 0. The van der Waals surface area contributed by atoms with Gasteiger partial charge in [-0.05, 0) is 165 Å². The molecule has 0 radical (unpaired) electrons. The van der Waals surface area contributed by atoms with Crippen molar-refractivity contribution in [3.63, 3.8) is 0 Å². The highest BCUT2D eigenvalue weighted by atomic mass is 32.2. The van der Waals surface area contributed by atoms with Crippen molar-refractivity contribution >= 4 is 63.3 Å². The van der Waals surface area contributed by atoms with Crippen molar-refractivity contribution < 1.29 is 80.5 Å². The lowest BCUT2D eigenvalue weighted by atomic mass is 10.1. The van der Waals surface area contributed by atoms with Crippen LogP contribution in [0, 0.1) is 32.4 Å². The highest BCUT2D eigenvalue weighted by Crippen LogP contribution is 2.36. The number of rotatable bonds is 18. The zero-order valence-corrected chi connectivity index (χ0v) is 67.9. The number of benzene rings is 8. The molecular formula is C82H98F2N10O16S4. The molecule has 32 heteroatoms. The van der Waals surface area contributed by atoms with Crippen LogP contribution in [0.4, 0.5) is 20.2 Å². The fourth-order valence-electron chi connectivity index (χ4n) is 14.1. The van der Waals surface area contributed by atoms with E-state index in [2.05, 4.69) is 36.3 Å². The first-order chi connectivity index (χ1) is 54.6. The number of halogens is 2. The average Bonchev–Trinajstić information content (AvgIpc) is 0.887. The summed E-state index contributed by atoms with van der Waals surface area (Å²) < 4.78 is 171. The number of nitrogens with zero attached hydrogens (tertiary/aromatic N) is 8. The predicted octanol–water partition coefficient (Wildman–Crippen LogP) is 9.60. The Morgan fingerprint density at radius 1 is 0.325 bits per heavy atom. The molecule has 8 aromatic rings. The van der Waals surface area contributed by atoms with Gasteiger partial charge in [0.1, 0.15) is 51.3 Å². The van der Waals surface area contributed by atoms with E-state index in [9.17, 15) is 52.0 Å². The van der Waals surface area contributed by atoms with Crippen molar-refractivity contribution in [3.8, 4) is 34.5 Å². The van der Waals surface area contributed by atoms with Crippen molar-refractivity contribution in [2.24, 2.45) is 0 Å². The van der Waals surface area contributed by atoms with Crippen LogP contribution in [0.5, 0.6) is 34.5 Å². The van der Waals surface area contributed by atoms with Gasteiger partial charge in [0.15, 0.2) is 39.4 Å². The van der Waals surface area contributed by atoms with E-state index < -0.39 is 56.6 Å². The van der Waals surface area contributed by atoms with Gasteiger partial charge >= 0.3 is 0 Å². The Bertz CT molecular complexity index is 5140. The maximum Gasteiger partial charge on any atom is 0.249 e. The monoisotopic (exact) mass is 1640 g/mol. The van der Waals surface area contributed by atoms with E-state index in [1.165, 1.54) is 31.1 Å². The Kier molecular flexibility index (Phi) is 28.1. The molecule has 0 aliphatic carbocycles. The maximum absolute atomic E-state index is 14.2. The molecule has 7 heterocycles. The first-order valence-electron chi connectivity index (χ1n) is 38.0. The number of nitrogens with one attached hydrogen (secondary N) is 2. The second-order valence-corrected chi connectivity index (χ2v) is 36.5. The number of sulfonamides is 4. The van der Waals surface area contributed by atoms with E-state index in [4.69, 9.17) is 28.4 Å². The molecule has 0 spiro atoms. The summed E-state index contributed by atoms with van der Waals surface area (Å²) in [7, 11) is -14.7. The summed E-state index contributed by atoms with van der Waals surface area (Å²) in [5.74, 6) is 2.16. The van der Waals surface area contributed by atoms with Gasteiger partial charge in [-0.2, -0.15) is 17.2 Å². The van der Waals surface area contributed by atoms with Gasteiger partial charge in [0, 0.05) is 150 Å². The summed E-state index contributed by atoms with van der Waals surface area (Å²) in [6.07, 6.45) is 0.815. The molecule has 8 aromatic carbocycles. The molecule has 2 amide bonds. The number of aryl methyl sites for hydroxylation is 3. The molecule has 114 heavy (non-hydrogen) atoms. The van der Waals surface area contributed by atoms with Crippen LogP contribution in [0.3, 0.4) is 0 Å². The van der Waals surface area contributed by atoms with Gasteiger partial charge in [-0.1, -0.05) is 71.8 Å². The van der Waals surface area contributed by atoms with Crippen molar-refractivity contribution in [1.82, 2.24) is 36.8 Å². The van der Waals surface area contributed by atoms with Gasteiger partial charge in [0.25, 0.3) is 0 Å². The SMILES string of the molecule is CC(=O)Nc1cccc(CN2CCN(S(=O)(=O)c3c(F)cc(C)cc3F)CC2)c1.CC(=O)Nc1cccc(S(=O)(=O)N2CCN(Cc3ccc4c(c3)OCCO4)CC2)c1.Cc1ccc(S(=O)(=O)N2CCCN(Cc3ccc4c(c3)OCCO4)CC2)cc1.Cc1ccc(S(=O)(=O)N2CCN(Cc3ccc4c(c3)OCCO4)CC2)cc1. The van der Waals surface area contributed by atoms with Gasteiger partial charge in [-0.15, -0.1) is 0 Å². The van der Waals surface area contributed by atoms with Gasteiger partial charge in [0.2, 0.25) is 51.9 Å². The molecule has 0 aromatic heterocycles. The van der Waals surface area contributed by atoms with Crippen LogP contribution in [0.15, 0.2) is 183 Å². The van der Waals surface area contributed by atoms with E-state index in [-0.39, 0.29) is 29.8 Å². The van der Waals surface area contributed by atoms with Gasteiger partial charge < -0.3 is 39.1 Å². The second-order valence-electron chi connectivity index (χ2n) is 28.8. The third-order valence-electron chi connectivity index (χ3n) is 20.1. The van der Waals surface area contributed by atoms with Crippen LogP contribution >= 0.6 is 0 Å². The van der Waals surface area contributed by atoms with E-state index >= 15 is 0 Å². The lowest BCUT2D eigenvalue weighted by Gasteiger charge is -2.34. The number of hydrogen-bond acceptors (Lipinski definition) is 20. The topological polar surface area (TPSA) is 276 Å². The zero-order valence-electron chi connectivity index (χ0n) is 64.7. The highest BCUT2D eigenvalue weighted by molar-refractivity contribution is 7.90. The standard InChI is InChI=1S/C21H25N3O5S.C21H26N2O4S.C20H23F2N3O3S.C20H24N2O4S/c1-16(25)22-18-3-2-4-19(14-18)30(26,27)24-9-7-23(8-10-24)15-17-5-6-20-21(13-17)29-12-11-28-20;1-17-3-6-19(7-4-17)28(24,25)23-10-2-9-22(11-12-23)16-18-5-8-20-21(15-18)27-14-13-26-20;1-14-10-18(21)20(19(22)11-14)29(27,28)25-8-6-24(7-9-25)13-16-4-3-5-17(12-16)23-15(2)26;1-16-2-5-18(6-3-16)27(23,24)22-10-8-21(9-11-22)15-17-4-7-19-20(14-17)26-13-12-25-19/h2-6,13-14H,7-12,15H2,1H3,(H,22,25);3-8,15H,2,9-14,16H2,1H3;3-5,10-12H,6-9,13H2,1-2H3,(H,23,26);2-7,14H,8-13,15H2,1H3. The minimum Gasteiger partial charge on any atom is -0.486 e. The highest BCUT2D eigenvalue weighted by Gasteiger charge is 2.36. The summed E-state index contributed by atoms with van der Waals surface area (Å²) in [6, 6.07) is 47.9. The van der Waals surface area contributed by atoms with E-state index in [1.807, 2.05) is 105 Å². The fraction of sp³-hybridized carbons (Fsp3) is 0.390. The van der Waals surface area contributed by atoms with Crippen molar-refractivity contribution in [3.05, 3.63) is 214 Å². The van der Waals surface area contributed by atoms with Crippen molar-refractivity contribution in [2.45, 2.75) is 86.8 Å². The maximum atomic E-state index is 14.2. The molecular weight excluding hydrogens is 1550 g/mol. The smallest absolute Gasteiger partial charge is 0.249 e. The van der Waals surface area contributed by atoms with Crippen LogP contribution in [0.1, 0.15) is 59.2 Å². The van der Waals surface area contributed by atoms with Crippen molar-refractivity contribution in [2.75, 3.05) is 155 Å². The van der Waals surface area contributed by atoms with Crippen LogP contribution < -0.4 is 39.1 Å². The van der Waals surface area contributed by atoms with Gasteiger partial charge in [-0.3, -0.25) is 29.2 Å². The molecule has 15 rings (SSSR count). The normalized spacial score (nSPS) is 17.6. The quantitative estimate of drug-likeness (QED) is 0.0808. The number of carbonyl (C=O) groups excluding carboxylic acids is 2. The summed E-state index contributed by atoms with van der Waals surface area (Å²) in [5, 5.41) is 5.35. The molecule has 7 aliphatic heterocycles. The molecule has 0 unspecified atom stereocenters. The third-order valence-corrected chi connectivity index (χ3v) is 27.8. The second kappa shape index (κ2) is 38.1. The summed E-state index contributed by atoms with van der Waals surface area (Å²) in [6.45, 7) is 22.8. The van der Waals surface area contributed by atoms with Gasteiger partial charge in [0.05, 0.1) is 14.7 Å². The summed E-state index contributed by atoms with van der Waals surface area (Å²) in [5.41, 5.74) is 7.99. The number of hydrogen-bond donors (Lipinski definition) is 2. The minimum absolute atomic E-state index is 0.139. The lowest BCUT2D eigenvalue weighted by molar-refractivity contribution is -0.115. The lowest BCUT2D eigenvalue weighted by Crippen LogP contribution is -2.48. The fourth-order valence-corrected chi connectivity index (χ4v) is 20.0. The van der Waals surface area contributed by atoms with Crippen LogP contribution in [0.2, 0.25) is 0 Å². The summed E-state index contributed by atoms with van der Waals surface area (Å²) in [4.78, 5) is 31.3. The molecule has 0 bridgehead atoms. The molecule has 4 saturated heterocycles. The van der Waals surface area contributed by atoms with Crippen molar-refractivity contribution in [1.29, 1.82) is 0 Å². The van der Waals surface area contributed by atoms with Gasteiger partial charge in [-0.25, -0.2) is 42.5 Å². The number of anilines is 2. The molecule has 26 nitrogen and oxygen atoms in total. The molecule has 2 N–H and O–H groups in total. The first-order valence-corrected chi connectivity index (χ1v) is 43.8. The first kappa shape index (κ1) is 84.2. The Labute approximate surface area is 667 Å². The van der Waals surface area contributed by atoms with Crippen LogP contribution in [-0.2, 0) is 75.9 Å². The molecule has 0 saturated carbocycles. The van der Waals surface area contributed by atoms with Crippen LogP contribution in [-0.4, -0.2) is 227 Å². The number of carbonyl (C=O) groups is 2. The third kappa shape index (κ3) is 22.1. The Hall–Kier alpha value is -9.16. The Balaban J connectivity index is 0.000000141. The molecule has 4 fully saturated rings. The largest absolute Gasteiger partial charge is 0.486 e. The average molecular weight is 1650 g/mol. The van der Waals surface area contributed by atoms with E-state index in [1.54, 1.807) is 57.1 Å². The number of piperazine rings is 3. The molecule has 0 atom stereocenters. The number of fused-ring (bicyclic) bond motifs is 3.